The van der Waals surface area contributed by atoms with Gasteiger partial charge in [0.2, 0.25) is 0 Å². The molecule has 3 rings (SSSR count). The van der Waals surface area contributed by atoms with Crippen molar-refractivity contribution in [1.29, 1.82) is 0 Å². The average molecular weight is 304 g/mol. The van der Waals surface area contributed by atoms with Gasteiger partial charge in [-0.05, 0) is 38.4 Å². The molecule has 1 aromatic carbocycles. The topological polar surface area (TPSA) is 24.9 Å². The van der Waals surface area contributed by atoms with E-state index < -0.39 is 0 Å². The molecule has 0 aromatic heterocycles. The first kappa shape index (κ1) is 15.6. The number of nitrogens with zero attached hydrogens (tertiary/aromatic N) is 2. The molecule has 2 heterocycles. The molecule has 2 fully saturated rings. The zero-order chi connectivity index (χ0) is 15.4. The number of piperidine rings is 1. The normalized spacial score (nSPS) is 24.0. The number of hydrogen-bond acceptors (Lipinski definition) is 4. The molecule has 4 nitrogen and oxygen atoms in total. The number of benzene rings is 1. The highest BCUT2D eigenvalue weighted by Gasteiger charge is 2.34. The van der Waals surface area contributed by atoms with Crippen molar-refractivity contribution in [3.8, 4) is 11.5 Å². The maximum Gasteiger partial charge on any atom is 0.161 e. The van der Waals surface area contributed by atoms with Crippen LogP contribution in [-0.4, -0.2) is 61.8 Å². The minimum atomic E-state index is 0.725. The second kappa shape index (κ2) is 7.34. The van der Waals surface area contributed by atoms with E-state index >= 15 is 0 Å². The van der Waals surface area contributed by atoms with E-state index in [1.54, 1.807) is 7.11 Å². The average Bonchev–Trinajstić information content (AvgIpc) is 2.51. The highest BCUT2D eigenvalue weighted by Crippen LogP contribution is 2.26. The number of ether oxygens (including phenoxy) is 2. The Hall–Kier alpha value is -1.26. The van der Waals surface area contributed by atoms with Gasteiger partial charge in [-0.1, -0.05) is 18.6 Å². The lowest BCUT2D eigenvalue weighted by atomic mass is 9.97. The Balaban J connectivity index is 1.38. The van der Waals surface area contributed by atoms with Gasteiger partial charge in [-0.25, -0.2) is 0 Å². The molecule has 0 N–H and O–H groups in total. The highest BCUT2D eigenvalue weighted by atomic mass is 16.5. The van der Waals surface area contributed by atoms with Crippen LogP contribution in [0.1, 0.15) is 26.2 Å². The SMILES string of the molecule is COc1ccccc1OCCN1CC(N2CCCC[C@@H]2C)C1. The fraction of sp³-hybridized carbons (Fsp3) is 0.667. The summed E-state index contributed by atoms with van der Waals surface area (Å²) in [4.78, 5) is 5.20. The van der Waals surface area contributed by atoms with Crippen LogP contribution in [0.25, 0.3) is 0 Å². The maximum atomic E-state index is 5.86. The first-order valence-electron chi connectivity index (χ1n) is 8.52. The molecule has 2 saturated heterocycles. The van der Waals surface area contributed by atoms with E-state index in [1.807, 2.05) is 24.3 Å². The van der Waals surface area contributed by atoms with Gasteiger partial charge >= 0.3 is 0 Å². The molecule has 0 radical (unpaired) electrons. The molecule has 0 aliphatic carbocycles. The van der Waals surface area contributed by atoms with Crippen LogP contribution in [0.4, 0.5) is 0 Å². The molecule has 0 unspecified atom stereocenters. The monoisotopic (exact) mass is 304 g/mol. The van der Waals surface area contributed by atoms with Crippen molar-refractivity contribution in [3.63, 3.8) is 0 Å². The Morgan fingerprint density at radius 3 is 2.64 bits per heavy atom. The molecule has 0 amide bonds. The molecule has 0 saturated carbocycles. The summed E-state index contributed by atoms with van der Waals surface area (Å²) in [5.74, 6) is 1.65. The number of methoxy groups -OCH3 is 1. The van der Waals surface area contributed by atoms with Gasteiger partial charge in [0.15, 0.2) is 11.5 Å². The first-order valence-corrected chi connectivity index (χ1v) is 8.52. The number of hydrogen-bond donors (Lipinski definition) is 0. The van der Waals surface area contributed by atoms with Gasteiger partial charge in [-0.3, -0.25) is 9.80 Å². The van der Waals surface area contributed by atoms with Crippen LogP contribution in [0.15, 0.2) is 24.3 Å². The Labute approximate surface area is 134 Å². The molecule has 2 aliphatic rings. The molecule has 4 heteroatoms. The van der Waals surface area contributed by atoms with E-state index in [4.69, 9.17) is 9.47 Å². The van der Waals surface area contributed by atoms with Crippen LogP contribution >= 0.6 is 0 Å². The van der Waals surface area contributed by atoms with Crippen LogP contribution in [0, 0.1) is 0 Å². The molecule has 122 valence electrons. The fourth-order valence-electron chi connectivity index (χ4n) is 3.62. The van der Waals surface area contributed by atoms with Crippen molar-refractivity contribution in [2.45, 2.75) is 38.3 Å². The van der Waals surface area contributed by atoms with E-state index in [0.717, 1.165) is 36.7 Å². The summed E-state index contributed by atoms with van der Waals surface area (Å²) in [6, 6.07) is 9.38. The van der Waals surface area contributed by atoms with Crippen molar-refractivity contribution < 1.29 is 9.47 Å². The van der Waals surface area contributed by atoms with Crippen molar-refractivity contribution in [2.24, 2.45) is 0 Å². The second-order valence-electron chi connectivity index (χ2n) is 6.50. The Morgan fingerprint density at radius 1 is 1.14 bits per heavy atom. The summed E-state index contributed by atoms with van der Waals surface area (Å²) in [5.41, 5.74) is 0. The van der Waals surface area contributed by atoms with Gasteiger partial charge < -0.3 is 9.47 Å². The van der Waals surface area contributed by atoms with E-state index in [9.17, 15) is 0 Å². The van der Waals surface area contributed by atoms with Gasteiger partial charge in [0.1, 0.15) is 6.61 Å². The van der Waals surface area contributed by atoms with Crippen LogP contribution < -0.4 is 9.47 Å². The van der Waals surface area contributed by atoms with Gasteiger partial charge in [-0.15, -0.1) is 0 Å². The first-order chi connectivity index (χ1) is 10.8. The number of rotatable bonds is 6. The summed E-state index contributed by atoms with van der Waals surface area (Å²) in [6.07, 6.45) is 4.14. The summed E-state index contributed by atoms with van der Waals surface area (Å²) in [6.45, 7) is 7.78. The zero-order valence-electron chi connectivity index (χ0n) is 13.8. The van der Waals surface area contributed by atoms with E-state index in [-0.39, 0.29) is 0 Å². The van der Waals surface area contributed by atoms with Crippen LogP contribution in [0.3, 0.4) is 0 Å². The Morgan fingerprint density at radius 2 is 1.91 bits per heavy atom. The van der Waals surface area contributed by atoms with E-state index in [1.165, 1.54) is 38.9 Å². The Bertz CT molecular complexity index is 474. The second-order valence-corrected chi connectivity index (χ2v) is 6.50. The number of likely N-dealkylation sites (tertiary alicyclic amines) is 2. The molecule has 1 aromatic rings. The highest BCUT2D eigenvalue weighted by molar-refractivity contribution is 5.39. The molecule has 2 aliphatic heterocycles. The van der Waals surface area contributed by atoms with Crippen LogP contribution in [0.5, 0.6) is 11.5 Å². The molecule has 22 heavy (non-hydrogen) atoms. The minimum Gasteiger partial charge on any atom is -0.493 e. The third-order valence-electron chi connectivity index (χ3n) is 5.00. The lowest BCUT2D eigenvalue weighted by Gasteiger charge is -2.49. The van der Waals surface area contributed by atoms with E-state index in [0.29, 0.717) is 0 Å². The summed E-state index contributed by atoms with van der Waals surface area (Å²) >= 11 is 0. The van der Waals surface area contributed by atoms with Gasteiger partial charge in [0, 0.05) is 31.7 Å². The van der Waals surface area contributed by atoms with Crippen molar-refractivity contribution in [1.82, 2.24) is 9.80 Å². The summed E-state index contributed by atoms with van der Waals surface area (Å²) in [5, 5.41) is 0. The molecule has 1 atom stereocenters. The van der Waals surface area contributed by atoms with Gasteiger partial charge in [-0.2, -0.15) is 0 Å². The predicted molar refractivity (Wildman–Crippen MR) is 88.7 cm³/mol. The smallest absolute Gasteiger partial charge is 0.161 e. The van der Waals surface area contributed by atoms with Crippen LogP contribution in [0.2, 0.25) is 0 Å². The Kier molecular flexibility index (Phi) is 5.21. The molecular formula is C18H28N2O2. The van der Waals surface area contributed by atoms with Crippen LogP contribution in [-0.2, 0) is 0 Å². The molecular weight excluding hydrogens is 276 g/mol. The van der Waals surface area contributed by atoms with Crippen molar-refractivity contribution in [3.05, 3.63) is 24.3 Å². The third kappa shape index (κ3) is 3.55. The summed E-state index contributed by atoms with van der Waals surface area (Å²) < 4.78 is 11.2. The fourth-order valence-corrected chi connectivity index (χ4v) is 3.62. The summed E-state index contributed by atoms with van der Waals surface area (Å²) in [7, 11) is 1.68. The zero-order valence-corrected chi connectivity index (χ0v) is 13.8. The number of para-hydroxylation sites is 2. The van der Waals surface area contributed by atoms with Crippen molar-refractivity contribution >= 4 is 0 Å². The largest absolute Gasteiger partial charge is 0.493 e. The minimum absolute atomic E-state index is 0.725. The molecule has 0 spiro atoms. The third-order valence-corrected chi connectivity index (χ3v) is 5.00. The van der Waals surface area contributed by atoms with E-state index in [2.05, 4.69) is 16.7 Å². The lowest BCUT2D eigenvalue weighted by molar-refractivity contribution is -0.00702. The lowest BCUT2D eigenvalue weighted by Crippen LogP contribution is -2.62. The standard InChI is InChI=1S/C18H28N2O2/c1-15-7-5-6-10-20(15)16-13-19(14-16)11-12-22-18-9-4-3-8-17(18)21-2/h3-4,8-9,15-16H,5-7,10-14H2,1-2H3/t15-/m0/s1. The van der Waals surface area contributed by atoms with Gasteiger partial charge in [0.05, 0.1) is 7.11 Å². The van der Waals surface area contributed by atoms with Crippen molar-refractivity contribution in [2.75, 3.05) is 39.9 Å². The predicted octanol–water partition coefficient (Wildman–Crippen LogP) is 2.63. The molecule has 0 bridgehead atoms. The quantitative estimate of drug-likeness (QED) is 0.806. The maximum absolute atomic E-state index is 5.86. The van der Waals surface area contributed by atoms with Gasteiger partial charge in [0.25, 0.3) is 0 Å².